The summed E-state index contributed by atoms with van der Waals surface area (Å²) in [6.07, 6.45) is 1.39. The van der Waals surface area contributed by atoms with Crippen LogP contribution in [-0.2, 0) is 11.3 Å². The van der Waals surface area contributed by atoms with E-state index in [1.807, 2.05) is 12.1 Å². The van der Waals surface area contributed by atoms with Gasteiger partial charge in [-0.3, -0.25) is 4.79 Å². The minimum atomic E-state index is -0.802. The summed E-state index contributed by atoms with van der Waals surface area (Å²) in [6.45, 7) is 5.26. The van der Waals surface area contributed by atoms with Gasteiger partial charge in [0.25, 0.3) is 0 Å². The molecule has 0 saturated heterocycles. The highest BCUT2D eigenvalue weighted by Gasteiger charge is 2.02. The standard InChI is InChI=1S/C16H24N2O3/c1-12(2)14-8-6-13(7-9-14)11-18-16(21)17-10-4-3-5-15(19)20/h6-9,12H,3-5,10-11H2,1-2H3,(H,19,20)(H2,17,18,21). The van der Waals surface area contributed by atoms with E-state index in [0.29, 0.717) is 31.8 Å². The fourth-order valence-electron chi connectivity index (χ4n) is 1.87. The number of unbranched alkanes of at least 4 members (excludes halogenated alkanes) is 1. The average Bonchev–Trinajstić information content (AvgIpc) is 2.44. The van der Waals surface area contributed by atoms with Gasteiger partial charge in [0, 0.05) is 19.5 Å². The third kappa shape index (κ3) is 7.34. The van der Waals surface area contributed by atoms with Crippen molar-refractivity contribution in [3.8, 4) is 0 Å². The number of amides is 2. The lowest BCUT2D eigenvalue weighted by Gasteiger charge is -2.09. The van der Waals surface area contributed by atoms with Gasteiger partial charge in [-0.2, -0.15) is 0 Å². The van der Waals surface area contributed by atoms with Gasteiger partial charge in [0.2, 0.25) is 0 Å². The Bertz CT molecular complexity index is 455. The van der Waals surface area contributed by atoms with E-state index >= 15 is 0 Å². The molecule has 1 aromatic rings. The van der Waals surface area contributed by atoms with E-state index in [1.54, 1.807) is 0 Å². The van der Waals surface area contributed by atoms with Crippen LogP contribution in [0, 0.1) is 0 Å². The first-order valence-electron chi connectivity index (χ1n) is 7.31. The van der Waals surface area contributed by atoms with E-state index in [0.717, 1.165) is 5.56 Å². The summed E-state index contributed by atoms with van der Waals surface area (Å²) in [7, 11) is 0. The van der Waals surface area contributed by atoms with Gasteiger partial charge in [0.1, 0.15) is 0 Å². The molecule has 3 N–H and O–H groups in total. The molecule has 0 aliphatic heterocycles. The molecule has 1 rings (SSSR count). The highest BCUT2D eigenvalue weighted by Crippen LogP contribution is 2.14. The van der Waals surface area contributed by atoms with Gasteiger partial charge in [-0.1, -0.05) is 38.1 Å². The van der Waals surface area contributed by atoms with E-state index in [9.17, 15) is 9.59 Å². The van der Waals surface area contributed by atoms with Crippen LogP contribution in [0.4, 0.5) is 4.79 Å². The van der Waals surface area contributed by atoms with Crippen LogP contribution in [0.15, 0.2) is 24.3 Å². The van der Waals surface area contributed by atoms with E-state index < -0.39 is 5.97 Å². The smallest absolute Gasteiger partial charge is 0.315 e. The Morgan fingerprint density at radius 3 is 2.33 bits per heavy atom. The maximum Gasteiger partial charge on any atom is 0.315 e. The quantitative estimate of drug-likeness (QED) is 0.645. The van der Waals surface area contributed by atoms with Crippen molar-refractivity contribution in [3.63, 3.8) is 0 Å². The third-order valence-corrected chi connectivity index (χ3v) is 3.20. The number of carbonyl (C=O) groups is 2. The van der Waals surface area contributed by atoms with Crippen molar-refractivity contribution in [2.75, 3.05) is 6.54 Å². The molecule has 0 unspecified atom stereocenters. The molecule has 0 atom stereocenters. The minimum absolute atomic E-state index is 0.144. The van der Waals surface area contributed by atoms with Gasteiger partial charge in [0.05, 0.1) is 0 Å². The first-order valence-corrected chi connectivity index (χ1v) is 7.31. The summed E-state index contributed by atoms with van der Waals surface area (Å²) in [5, 5.41) is 14.0. The summed E-state index contributed by atoms with van der Waals surface area (Å²) in [6, 6.07) is 7.96. The van der Waals surface area contributed by atoms with Gasteiger partial charge in [-0.25, -0.2) is 4.79 Å². The summed E-state index contributed by atoms with van der Waals surface area (Å²) in [5.74, 6) is -0.301. The van der Waals surface area contributed by atoms with Crippen LogP contribution in [0.1, 0.15) is 50.2 Å². The zero-order chi connectivity index (χ0) is 15.7. The number of aliphatic carboxylic acids is 1. The second kappa shape index (κ2) is 9.00. The Morgan fingerprint density at radius 1 is 1.10 bits per heavy atom. The highest BCUT2D eigenvalue weighted by molar-refractivity contribution is 5.73. The van der Waals surface area contributed by atoms with Crippen molar-refractivity contribution >= 4 is 12.0 Å². The lowest BCUT2D eigenvalue weighted by Crippen LogP contribution is -2.35. The highest BCUT2D eigenvalue weighted by atomic mass is 16.4. The normalized spacial score (nSPS) is 10.4. The van der Waals surface area contributed by atoms with Gasteiger partial charge in [-0.05, 0) is 29.9 Å². The molecule has 0 bridgehead atoms. The van der Waals surface area contributed by atoms with Crippen molar-refractivity contribution in [2.24, 2.45) is 0 Å². The predicted octanol–water partition coefficient (Wildman–Crippen LogP) is 2.86. The zero-order valence-corrected chi connectivity index (χ0v) is 12.7. The number of carboxylic acid groups (broad SMARTS) is 1. The molecule has 21 heavy (non-hydrogen) atoms. The molecule has 2 amide bonds. The van der Waals surface area contributed by atoms with Crippen LogP contribution in [0.2, 0.25) is 0 Å². The number of hydrogen-bond donors (Lipinski definition) is 3. The zero-order valence-electron chi connectivity index (χ0n) is 12.7. The monoisotopic (exact) mass is 292 g/mol. The fraction of sp³-hybridized carbons (Fsp3) is 0.500. The third-order valence-electron chi connectivity index (χ3n) is 3.20. The topological polar surface area (TPSA) is 78.4 Å². The Kier molecular flexibility index (Phi) is 7.29. The number of carboxylic acids is 1. The molecule has 0 spiro atoms. The maximum absolute atomic E-state index is 11.6. The Hall–Kier alpha value is -2.04. The lowest BCUT2D eigenvalue weighted by atomic mass is 10.0. The molecule has 5 nitrogen and oxygen atoms in total. The molecule has 0 saturated carbocycles. The van der Waals surface area contributed by atoms with Gasteiger partial charge >= 0.3 is 12.0 Å². The van der Waals surface area contributed by atoms with Gasteiger partial charge < -0.3 is 15.7 Å². The molecule has 116 valence electrons. The second-order valence-electron chi connectivity index (χ2n) is 5.36. The number of carbonyl (C=O) groups excluding carboxylic acids is 1. The number of nitrogens with one attached hydrogen (secondary N) is 2. The number of rotatable bonds is 8. The van der Waals surface area contributed by atoms with Crippen molar-refractivity contribution in [1.29, 1.82) is 0 Å². The van der Waals surface area contributed by atoms with E-state index in [-0.39, 0.29) is 12.5 Å². The summed E-state index contributed by atoms with van der Waals surface area (Å²) in [5.41, 5.74) is 2.34. The lowest BCUT2D eigenvalue weighted by molar-refractivity contribution is -0.137. The summed E-state index contributed by atoms with van der Waals surface area (Å²) in [4.78, 5) is 21.9. The van der Waals surface area contributed by atoms with Crippen molar-refractivity contribution < 1.29 is 14.7 Å². The van der Waals surface area contributed by atoms with Crippen LogP contribution in [-0.4, -0.2) is 23.7 Å². The van der Waals surface area contributed by atoms with Crippen molar-refractivity contribution in [1.82, 2.24) is 10.6 Å². The first-order chi connectivity index (χ1) is 9.99. The van der Waals surface area contributed by atoms with E-state index in [4.69, 9.17) is 5.11 Å². The largest absolute Gasteiger partial charge is 0.481 e. The summed E-state index contributed by atoms with van der Waals surface area (Å²) < 4.78 is 0. The Morgan fingerprint density at radius 2 is 1.76 bits per heavy atom. The molecule has 1 aromatic carbocycles. The van der Waals surface area contributed by atoms with Crippen LogP contribution < -0.4 is 10.6 Å². The van der Waals surface area contributed by atoms with Crippen LogP contribution in [0.25, 0.3) is 0 Å². The van der Waals surface area contributed by atoms with Crippen LogP contribution in [0.5, 0.6) is 0 Å². The van der Waals surface area contributed by atoms with E-state index in [2.05, 4.69) is 36.6 Å². The molecule has 0 aliphatic rings. The second-order valence-corrected chi connectivity index (χ2v) is 5.36. The molecule has 0 aliphatic carbocycles. The first kappa shape index (κ1) is 17.0. The molecule has 0 aromatic heterocycles. The molecule has 0 heterocycles. The molecular weight excluding hydrogens is 268 g/mol. The van der Waals surface area contributed by atoms with Crippen LogP contribution in [0.3, 0.4) is 0 Å². The Balaban J connectivity index is 2.19. The SMILES string of the molecule is CC(C)c1ccc(CNC(=O)NCCCCC(=O)O)cc1. The number of urea groups is 1. The number of hydrogen-bond acceptors (Lipinski definition) is 2. The Labute approximate surface area is 125 Å². The predicted molar refractivity (Wildman–Crippen MR) is 82.3 cm³/mol. The average molecular weight is 292 g/mol. The minimum Gasteiger partial charge on any atom is -0.481 e. The summed E-state index contributed by atoms with van der Waals surface area (Å²) >= 11 is 0. The molecule has 0 radical (unpaired) electrons. The number of benzene rings is 1. The van der Waals surface area contributed by atoms with Crippen LogP contribution >= 0.6 is 0 Å². The molecular formula is C16H24N2O3. The van der Waals surface area contributed by atoms with Gasteiger partial charge in [-0.15, -0.1) is 0 Å². The molecule has 0 fully saturated rings. The molecule has 5 heteroatoms. The van der Waals surface area contributed by atoms with Gasteiger partial charge in [0.15, 0.2) is 0 Å². The maximum atomic E-state index is 11.6. The van der Waals surface area contributed by atoms with E-state index in [1.165, 1.54) is 5.56 Å². The van der Waals surface area contributed by atoms with Crippen molar-refractivity contribution in [3.05, 3.63) is 35.4 Å². The van der Waals surface area contributed by atoms with Crippen molar-refractivity contribution in [2.45, 2.75) is 45.6 Å². The fourth-order valence-corrected chi connectivity index (χ4v) is 1.87.